The first-order valence-corrected chi connectivity index (χ1v) is 8.42. The number of halogens is 1. The molecule has 2 aliphatic rings. The number of piperidine rings is 1. The number of rotatable bonds is 2. The lowest BCUT2D eigenvalue weighted by atomic mass is 9.95. The van der Waals surface area contributed by atoms with Crippen molar-refractivity contribution in [1.29, 1.82) is 0 Å². The van der Waals surface area contributed by atoms with Crippen molar-refractivity contribution < 1.29 is 18.7 Å². The molecule has 0 aliphatic carbocycles. The van der Waals surface area contributed by atoms with Gasteiger partial charge in [0.05, 0.1) is 6.04 Å². The first kappa shape index (κ1) is 16.9. The Morgan fingerprint density at radius 1 is 1.33 bits per heavy atom. The van der Waals surface area contributed by atoms with Gasteiger partial charge in [0.2, 0.25) is 5.91 Å². The van der Waals surface area contributed by atoms with Crippen molar-refractivity contribution in [3.63, 3.8) is 0 Å². The number of ether oxygens (including phenoxy) is 1. The first-order valence-electron chi connectivity index (χ1n) is 8.42. The van der Waals surface area contributed by atoms with Gasteiger partial charge in [-0.05, 0) is 43.9 Å². The van der Waals surface area contributed by atoms with E-state index in [0.29, 0.717) is 12.1 Å². The van der Waals surface area contributed by atoms with Crippen molar-refractivity contribution in [2.24, 2.45) is 0 Å². The molecule has 0 spiro atoms. The highest BCUT2D eigenvalue weighted by molar-refractivity contribution is 5.86. The molecule has 0 N–H and O–H groups in total. The number of likely N-dealkylation sites (N-methyl/N-ethyl adjacent to an activating group) is 1. The fraction of sp³-hybridized carbons (Fsp3) is 0.556. The number of amides is 2. The van der Waals surface area contributed by atoms with Crippen LogP contribution in [0.4, 0.5) is 4.39 Å². The average molecular weight is 334 g/mol. The number of morpholine rings is 1. The molecule has 24 heavy (non-hydrogen) atoms. The molecular weight excluding hydrogens is 311 g/mol. The summed E-state index contributed by atoms with van der Waals surface area (Å²) >= 11 is 0. The molecule has 3 rings (SSSR count). The van der Waals surface area contributed by atoms with Crippen LogP contribution in [0.3, 0.4) is 0 Å². The van der Waals surface area contributed by atoms with Crippen LogP contribution in [0.1, 0.15) is 37.8 Å². The number of hydrogen-bond donors (Lipinski definition) is 0. The van der Waals surface area contributed by atoms with Crippen molar-refractivity contribution in [1.82, 2.24) is 9.80 Å². The van der Waals surface area contributed by atoms with Gasteiger partial charge in [-0.2, -0.15) is 0 Å². The molecule has 5 nitrogen and oxygen atoms in total. The fourth-order valence-corrected chi connectivity index (χ4v) is 3.60. The molecule has 0 saturated carbocycles. The minimum absolute atomic E-state index is 0.115. The highest BCUT2D eigenvalue weighted by Crippen LogP contribution is 2.32. The molecule has 2 aliphatic heterocycles. The molecule has 6 heteroatoms. The zero-order chi connectivity index (χ0) is 17.3. The van der Waals surface area contributed by atoms with Crippen molar-refractivity contribution in [3.8, 4) is 0 Å². The van der Waals surface area contributed by atoms with Crippen LogP contribution in [0.25, 0.3) is 0 Å². The second-order valence-corrected chi connectivity index (χ2v) is 6.61. The molecule has 2 saturated heterocycles. The number of carbonyl (C=O) groups excluding carboxylic acids is 2. The summed E-state index contributed by atoms with van der Waals surface area (Å²) in [6.07, 6.45) is 2.26. The van der Waals surface area contributed by atoms with Gasteiger partial charge in [0, 0.05) is 19.6 Å². The third-order valence-corrected chi connectivity index (χ3v) is 5.00. The van der Waals surface area contributed by atoms with E-state index < -0.39 is 18.0 Å². The predicted octanol–water partition coefficient (Wildman–Crippen LogP) is 2.12. The molecule has 0 aromatic heterocycles. The monoisotopic (exact) mass is 334 g/mol. The summed E-state index contributed by atoms with van der Waals surface area (Å²) < 4.78 is 19.3. The highest BCUT2D eigenvalue weighted by atomic mass is 19.1. The van der Waals surface area contributed by atoms with Gasteiger partial charge >= 0.3 is 0 Å². The van der Waals surface area contributed by atoms with Gasteiger partial charge in [0.1, 0.15) is 12.4 Å². The maximum atomic E-state index is 13.7. The fourth-order valence-electron chi connectivity index (χ4n) is 3.60. The van der Waals surface area contributed by atoms with Gasteiger partial charge < -0.3 is 14.5 Å². The largest absolute Gasteiger partial charge is 0.356 e. The lowest BCUT2D eigenvalue weighted by Gasteiger charge is -2.42. The number of benzene rings is 1. The van der Waals surface area contributed by atoms with Crippen LogP contribution in [0.15, 0.2) is 24.3 Å². The van der Waals surface area contributed by atoms with Crippen LogP contribution in [0.2, 0.25) is 0 Å². The Bertz CT molecular complexity index is 636. The lowest BCUT2D eigenvalue weighted by molar-refractivity contribution is -0.169. The normalized spacial score (nSPS) is 28.1. The van der Waals surface area contributed by atoms with E-state index in [1.54, 1.807) is 19.2 Å². The van der Waals surface area contributed by atoms with Gasteiger partial charge in [0.25, 0.3) is 5.91 Å². The van der Waals surface area contributed by atoms with E-state index in [2.05, 4.69) is 0 Å². The van der Waals surface area contributed by atoms with E-state index in [-0.39, 0.29) is 24.5 Å². The quantitative estimate of drug-likeness (QED) is 0.832. The molecule has 1 aromatic rings. The van der Waals surface area contributed by atoms with E-state index in [4.69, 9.17) is 4.74 Å². The van der Waals surface area contributed by atoms with Gasteiger partial charge in [-0.1, -0.05) is 12.1 Å². The van der Waals surface area contributed by atoms with Crippen LogP contribution in [0.5, 0.6) is 0 Å². The number of nitrogens with zero attached hydrogens (tertiary/aromatic N) is 2. The zero-order valence-corrected chi connectivity index (χ0v) is 14.1. The van der Waals surface area contributed by atoms with Gasteiger partial charge in [-0.25, -0.2) is 4.39 Å². The molecule has 0 unspecified atom stereocenters. The molecule has 1 aromatic carbocycles. The van der Waals surface area contributed by atoms with Crippen LogP contribution in [-0.2, 0) is 14.3 Å². The summed E-state index contributed by atoms with van der Waals surface area (Å²) in [6.45, 7) is 2.61. The Balaban J connectivity index is 1.91. The van der Waals surface area contributed by atoms with E-state index in [1.807, 2.05) is 11.8 Å². The third-order valence-electron chi connectivity index (χ3n) is 5.00. The Morgan fingerprint density at radius 2 is 2.12 bits per heavy atom. The second-order valence-electron chi connectivity index (χ2n) is 6.61. The second kappa shape index (κ2) is 6.89. The van der Waals surface area contributed by atoms with Crippen molar-refractivity contribution >= 4 is 11.8 Å². The molecule has 2 fully saturated rings. The average Bonchev–Trinajstić information content (AvgIpc) is 2.57. The maximum Gasteiger partial charge on any atom is 0.254 e. The zero-order valence-electron chi connectivity index (χ0n) is 14.1. The Hall–Kier alpha value is -1.95. The maximum absolute atomic E-state index is 13.7. The summed E-state index contributed by atoms with van der Waals surface area (Å²) in [5.41, 5.74) is 0.577. The molecule has 3 atom stereocenters. The van der Waals surface area contributed by atoms with Crippen LogP contribution in [-0.4, -0.2) is 54.0 Å². The molecule has 0 radical (unpaired) electrons. The van der Waals surface area contributed by atoms with E-state index in [0.717, 1.165) is 19.3 Å². The lowest BCUT2D eigenvalue weighted by Crippen LogP contribution is -2.56. The van der Waals surface area contributed by atoms with E-state index in [1.165, 1.54) is 17.0 Å². The first-order chi connectivity index (χ1) is 11.5. The minimum Gasteiger partial charge on any atom is -0.356 e. The van der Waals surface area contributed by atoms with Crippen LogP contribution >= 0.6 is 0 Å². The number of likely N-dealkylation sites (tertiary alicyclic amines) is 1. The van der Waals surface area contributed by atoms with Crippen molar-refractivity contribution in [3.05, 3.63) is 35.6 Å². The number of carbonyl (C=O) groups is 2. The standard InChI is InChI=1S/C18H23FN2O3/c1-12-6-3-4-9-21(12)18(23)17-16(20(2)15(22)11-24-17)13-7-5-8-14(19)10-13/h5,7-8,10,12,16-17H,3-4,6,9,11H2,1-2H3/t12-,16+,17+/m1/s1. The van der Waals surface area contributed by atoms with Crippen molar-refractivity contribution in [2.75, 3.05) is 20.2 Å². The Kier molecular flexibility index (Phi) is 4.85. The summed E-state index contributed by atoms with van der Waals surface area (Å²) in [4.78, 5) is 28.4. The summed E-state index contributed by atoms with van der Waals surface area (Å²) in [5, 5.41) is 0. The Labute approximate surface area is 141 Å². The Morgan fingerprint density at radius 3 is 2.83 bits per heavy atom. The minimum atomic E-state index is -0.796. The third kappa shape index (κ3) is 3.15. The summed E-state index contributed by atoms with van der Waals surface area (Å²) in [5.74, 6) is -0.715. The van der Waals surface area contributed by atoms with E-state index in [9.17, 15) is 14.0 Å². The smallest absolute Gasteiger partial charge is 0.254 e. The molecular formula is C18H23FN2O3. The van der Waals surface area contributed by atoms with Gasteiger partial charge in [-0.15, -0.1) is 0 Å². The molecule has 0 bridgehead atoms. The summed E-state index contributed by atoms with van der Waals surface area (Å²) in [6, 6.07) is 5.57. The van der Waals surface area contributed by atoms with Crippen LogP contribution < -0.4 is 0 Å². The van der Waals surface area contributed by atoms with Crippen molar-refractivity contribution in [2.45, 2.75) is 44.4 Å². The van der Waals surface area contributed by atoms with Gasteiger partial charge in [0.15, 0.2) is 6.10 Å². The van der Waals surface area contributed by atoms with Crippen LogP contribution in [0, 0.1) is 5.82 Å². The summed E-state index contributed by atoms with van der Waals surface area (Å²) in [7, 11) is 1.64. The van der Waals surface area contributed by atoms with Gasteiger partial charge in [-0.3, -0.25) is 9.59 Å². The van der Waals surface area contributed by atoms with E-state index >= 15 is 0 Å². The molecule has 130 valence electrons. The molecule has 2 amide bonds. The number of hydrogen-bond acceptors (Lipinski definition) is 3. The predicted molar refractivity (Wildman–Crippen MR) is 86.7 cm³/mol. The topological polar surface area (TPSA) is 49.9 Å². The molecule has 2 heterocycles. The highest BCUT2D eigenvalue weighted by Gasteiger charge is 2.43. The SMILES string of the molecule is C[C@@H]1CCCCN1C(=O)[C@H]1OCC(=O)N(C)[C@H]1c1cccc(F)c1.